The Morgan fingerprint density at radius 3 is 1.87 bits per heavy atom. The Kier molecular flexibility index (Phi) is 20.6. The molecule has 5 heteroatoms. The topological polar surface area (TPSA) is 64.6 Å². The fourth-order valence-electron chi connectivity index (χ4n) is 2.99. The smallest absolute Gasteiger partial charge is 0.407 e. The molecule has 1 amide bonds. The molecule has 0 aliphatic heterocycles. The minimum Gasteiger partial charge on any atom is -0.460 e. The molecule has 30 heavy (non-hydrogen) atoms. The van der Waals surface area contributed by atoms with Crippen LogP contribution in [0, 0.1) is 0 Å². The Morgan fingerprint density at radius 2 is 1.30 bits per heavy atom. The minimum absolute atomic E-state index is 0.120. The van der Waals surface area contributed by atoms with E-state index >= 15 is 0 Å². The van der Waals surface area contributed by atoms with Gasteiger partial charge in [0, 0.05) is 5.57 Å². The van der Waals surface area contributed by atoms with Crippen molar-refractivity contribution in [3.8, 4) is 0 Å². The number of nitrogens with one attached hydrogen (secondary N) is 1. The zero-order chi connectivity index (χ0) is 22.3. The van der Waals surface area contributed by atoms with Gasteiger partial charge in [-0.25, -0.2) is 9.59 Å². The minimum atomic E-state index is -0.464. The number of ether oxygens (including phenoxy) is 2. The maximum atomic E-state index is 11.5. The summed E-state index contributed by atoms with van der Waals surface area (Å²) in [6.45, 7) is 8.12. The summed E-state index contributed by atoms with van der Waals surface area (Å²) in [6, 6.07) is 0. The fourth-order valence-corrected chi connectivity index (χ4v) is 2.99. The summed E-state index contributed by atoms with van der Waals surface area (Å²) in [7, 11) is 0. The monoisotopic (exact) mass is 423 g/mol. The lowest BCUT2D eigenvalue weighted by Crippen LogP contribution is -2.29. The number of alkyl carbamates (subject to hydrolysis) is 1. The second kappa shape index (κ2) is 21.9. The van der Waals surface area contributed by atoms with Crippen LogP contribution in [-0.2, 0) is 14.3 Å². The number of carbonyl (C=O) groups excluding carboxylic acids is 2. The van der Waals surface area contributed by atoms with Gasteiger partial charge >= 0.3 is 12.1 Å². The van der Waals surface area contributed by atoms with E-state index in [-0.39, 0.29) is 13.2 Å². The predicted molar refractivity (Wildman–Crippen MR) is 125 cm³/mol. The molecule has 0 heterocycles. The van der Waals surface area contributed by atoms with E-state index in [1.807, 2.05) is 0 Å². The van der Waals surface area contributed by atoms with Crippen LogP contribution in [-0.4, -0.2) is 31.8 Å². The second-order valence-corrected chi connectivity index (χ2v) is 7.92. The molecule has 0 saturated carbocycles. The van der Waals surface area contributed by atoms with Crippen molar-refractivity contribution < 1.29 is 19.1 Å². The van der Waals surface area contributed by atoms with Crippen LogP contribution in [0.2, 0.25) is 0 Å². The first-order chi connectivity index (χ1) is 14.6. The van der Waals surface area contributed by atoms with E-state index in [1.54, 1.807) is 6.92 Å². The molecule has 0 rings (SSSR count). The van der Waals surface area contributed by atoms with Gasteiger partial charge in [0.25, 0.3) is 0 Å². The van der Waals surface area contributed by atoms with Gasteiger partial charge in [-0.2, -0.15) is 0 Å². The van der Waals surface area contributed by atoms with Gasteiger partial charge in [0.15, 0.2) is 0 Å². The van der Waals surface area contributed by atoms with E-state index in [4.69, 9.17) is 9.47 Å². The van der Waals surface area contributed by atoms with Crippen LogP contribution in [0.3, 0.4) is 0 Å². The molecule has 0 saturated heterocycles. The van der Waals surface area contributed by atoms with Gasteiger partial charge < -0.3 is 14.8 Å². The molecule has 0 aliphatic rings. The molecular weight excluding hydrogens is 378 g/mol. The van der Waals surface area contributed by atoms with Crippen molar-refractivity contribution in [3.63, 3.8) is 0 Å². The van der Waals surface area contributed by atoms with E-state index in [0.717, 1.165) is 12.8 Å². The van der Waals surface area contributed by atoms with E-state index in [1.165, 1.54) is 77.0 Å². The molecule has 0 atom stereocenters. The summed E-state index contributed by atoms with van der Waals surface area (Å²) < 4.78 is 9.98. The Bertz CT molecular complexity index is 474. The van der Waals surface area contributed by atoms with E-state index in [0.29, 0.717) is 12.2 Å². The van der Waals surface area contributed by atoms with Crippen LogP contribution in [0.4, 0.5) is 4.79 Å². The Hall–Kier alpha value is -1.78. The molecular formula is C25H45NO4. The normalized spacial score (nSPS) is 10.9. The van der Waals surface area contributed by atoms with Gasteiger partial charge in [0.2, 0.25) is 0 Å². The van der Waals surface area contributed by atoms with Crippen molar-refractivity contribution in [1.82, 2.24) is 5.32 Å². The first-order valence-electron chi connectivity index (χ1n) is 12.0. The van der Waals surface area contributed by atoms with Crippen molar-refractivity contribution in [2.24, 2.45) is 0 Å². The van der Waals surface area contributed by atoms with Gasteiger partial charge in [-0.1, -0.05) is 83.4 Å². The largest absolute Gasteiger partial charge is 0.460 e. The van der Waals surface area contributed by atoms with Crippen LogP contribution in [0.25, 0.3) is 0 Å². The van der Waals surface area contributed by atoms with Crippen LogP contribution in [0.15, 0.2) is 24.3 Å². The Balaban J connectivity index is 3.26. The van der Waals surface area contributed by atoms with Gasteiger partial charge in [0.1, 0.15) is 6.61 Å². The number of esters is 1. The van der Waals surface area contributed by atoms with Crippen LogP contribution >= 0.6 is 0 Å². The number of hydrogen-bond acceptors (Lipinski definition) is 4. The van der Waals surface area contributed by atoms with Crippen molar-refractivity contribution >= 4 is 12.1 Å². The molecule has 0 fully saturated rings. The van der Waals surface area contributed by atoms with Gasteiger partial charge in [0.05, 0.1) is 13.2 Å². The molecule has 5 nitrogen and oxygen atoms in total. The predicted octanol–water partition coefficient (Wildman–Crippen LogP) is 6.87. The average Bonchev–Trinajstić information content (AvgIpc) is 2.73. The van der Waals surface area contributed by atoms with E-state index in [2.05, 4.69) is 31.0 Å². The zero-order valence-electron chi connectivity index (χ0n) is 19.5. The highest BCUT2D eigenvalue weighted by molar-refractivity contribution is 5.86. The Morgan fingerprint density at radius 1 is 0.767 bits per heavy atom. The summed E-state index contributed by atoms with van der Waals surface area (Å²) in [5.41, 5.74) is 0.345. The summed E-state index contributed by atoms with van der Waals surface area (Å²) >= 11 is 0. The molecule has 0 aromatic carbocycles. The molecule has 0 unspecified atom stereocenters. The summed E-state index contributed by atoms with van der Waals surface area (Å²) in [4.78, 5) is 22.6. The maximum absolute atomic E-state index is 11.5. The third-order valence-corrected chi connectivity index (χ3v) is 4.84. The SMILES string of the molecule is C=C(C)C(=O)OCCNC(=O)OCCCCCCCC/C=C\CCCCCCCC. The summed E-state index contributed by atoms with van der Waals surface area (Å²) in [5.74, 6) is -0.450. The lowest BCUT2D eigenvalue weighted by atomic mass is 10.1. The number of rotatable bonds is 20. The molecule has 1 N–H and O–H groups in total. The van der Waals surface area contributed by atoms with Crippen molar-refractivity contribution in [1.29, 1.82) is 0 Å². The fraction of sp³-hybridized carbons (Fsp3) is 0.760. The lowest BCUT2D eigenvalue weighted by molar-refractivity contribution is -0.138. The molecule has 174 valence electrons. The number of allylic oxidation sites excluding steroid dienone is 2. The number of carbonyl (C=O) groups is 2. The van der Waals surface area contributed by atoms with E-state index < -0.39 is 12.1 Å². The number of unbranched alkanes of at least 4 members (excludes halogenated alkanes) is 12. The first kappa shape index (κ1) is 28.2. The lowest BCUT2D eigenvalue weighted by Gasteiger charge is -2.07. The molecule has 0 radical (unpaired) electrons. The second-order valence-electron chi connectivity index (χ2n) is 7.92. The Labute approximate surface area is 184 Å². The highest BCUT2D eigenvalue weighted by Crippen LogP contribution is 2.10. The van der Waals surface area contributed by atoms with Crippen molar-refractivity contribution in [2.45, 2.75) is 104 Å². The molecule has 0 aromatic heterocycles. The molecule has 0 bridgehead atoms. The summed E-state index contributed by atoms with van der Waals surface area (Å²) in [6.07, 6.45) is 21.8. The van der Waals surface area contributed by atoms with Gasteiger partial charge in [-0.3, -0.25) is 0 Å². The van der Waals surface area contributed by atoms with Crippen LogP contribution in [0.5, 0.6) is 0 Å². The van der Waals surface area contributed by atoms with Gasteiger partial charge in [-0.15, -0.1) is 0 Å². The quantitative estimate of drug-likeness (QED) is 0.100. The average molecular weight is 424 g/mol. The third-order valence-electron chi connectivity index (χ3n) is 4.84. The number of hydrogen-bond donors (Lipinski definition) is 1. The molecule has 0 spiro atoms. The standard InChI is InChI=1S/C25H45NO4/c1-4-5-6-7-8-9-10-11-12-13-14-15-16-17-18-19-21-30-25(28)26-20-22-29-24(27)23(2)3/h11-12H,2,4-10,13-22H2,1,3H3,(H,26,28)/b12-11-. The highest BCUT2D eigenvalue weighted by Gasteiger charge is 2.04. The van der Waals surface area contributed by atoms with Gasteiger partial charge in [-0.05, 0) is 39.0 Å². The maximum Gasteiger partial charge on any atom is 0.407 e. The van der Waals surface area contributed by atoms with Crippen LogP contribution < -0.4 is 5.32 Å². The molecule has 0 aromatic rings. The highest BCUT2D eigenvalue weighted by atomic mass is 16.6. The van der Waals surface area contributed by atoms with E-state index in [9.17, 15) is 9.59 Å². The van der Waals surface area contributed by atoms with Crippen molar-refractivity contribution in [3.05, 3.63) is 24.3 Å². The third kappa shape index (κ3) is 20.9. The van der Waals surface area contributed by atoms with Crippen LogP contribution in [0.1, 0.15) is 104 Å². The number of amides is 1. The van der Waals surface area contributed by atoms with Crippen molar-refractivity contribution in [2.75, 3.05) is 19.8 Å². The summed E-state index contributed by atoms with van der Waals surface area (Å²) in [5, 5.41) is 2.56. The first-order valence-corrected chi connectivity index (χ1v) is 12.0. The zero-order valence-corrected chi connectivity index (χ0v) is 19.5. The molecule has 0 aliphatic carbocycles.